The van der Waals surface area contributed by atoms with Crippen LogP contribution < -0.4 is 11.3 Å². The Balaban J connectivity index is 2.23. The standard InChI is InChI=1S/C12H11Br2ClN2S/c13-8-2-1-7(10(15)6-8)5-11(17-16)12-9(14)3-4-18-12/h1-4,6,11,17H,5,16H2. The van der Waals surface area contributed by atoms with Crippen molar-refractivity contribution in [3.63, 3.8) is 0 Å². The van der Waals surface area contributed by atoms with Crippen LogP contribution in [0.3, 0.4) is 0 Å². The van der Waals surface area contributed by atoms with Gasteiger partial charge >= 0.3 is 0 Å². The Hall–Kier alpha value is 0.0900. The molecule has 1 heterocycles. The minimum absolute atomic E-state index is 0.0538. The van der Waals surface area contributed by atoms with Crippen LogP contribution in [0.5, 0.6) is 0 Å². The fraction of sp³-hybridized carbons (Fsp3) is 0.167. The predicted molar refractivity (Wildman–Crippen MR) is 84.9 cm³/mol. The molecule has 0 saturated heterocycles. The average Bonchev–Trinajstić information content (AvgIpc) is 2.75. The number of hydrogen-bond acceptors (Lipinski definition) is 3. The lowest BCUT2D eigenvalue weighted by Gasteiger charge is -2.16. The van der Waals surface area contributed by atoms with E-state index < -0.39 is 0 Å². The van der Waals surface area contributed by atoms with Crippen LogP contribution in [0.4, 0.5) is 0 Å². The maximum atomic E-state index is 6.22. The molecule has 0 radical (unpaired) electrons. The van der Waals surface area contributed by atoms with Crippen molar-refractivity contribution in [3.05, 3.63) is 54.1 Å². The molecule has 0 bridgehead atoms. The molecule has 96 valence electrons. The molecule has 0 spiro atoms. The van der Waals surface area contributed by atoms with Crippen LogP contribution in [-0.2, 0) is 6.42 Å². The van der Waals surface area contributed by atoms with Gasteiger partial charge in [0.05, 0.1) is 6.04 Å². The molecule has 1 aromatic carbocycles. The van der Waals surface area contributed by atoms with Gasteiger partial charge in [0.1, 0.15) is 0 Å². The molecular weight excluding hydrogens is 399 g/mol. The molecule has 0 fully saturated rings. The van der Waals surface area contributed by atoms with Gasteiger partial charge in [-0.2, -0.15) is 0 Å². The first-order valence-corrected chi connectivity index (χ1v) is 8.09. The highest BCUT2D eigenvalue weighted by molar-refractivity contribution is 9.10. The Kier molecular flexibility index (Phi) is 5.24. The first-order valence-electron chi connectivity index (χ1n) is 5.24. The number of rotatable bonds is 4. The van der Waals surface area contributed by atoms with Gasteiger partial charge in [-0.1, -0.05) is 33.6 Å². The predicted octanol–water partition coefficient (Wildman–Crippen LogP) is 4.67. The number of hydrogen-bond donors (Lipinski definition) is 2. The van der Waals surface area contributed by atoms with Crippen LogP contribution in [-0.4, -0.2) is 0 Å². The van der Waals surface area contributed by atoms with Gasteiger partial charge in [-0.15, -0.1) is 11.3 Å². The summed E-state index contributed by atoms with van der Waals surface area (Å²) in [5.74, 6) is 5.64. The second kappa shape index (κ2) is 6.50. The van der Waals surface area contributed by atoms with Crippen LogP contribution in [0.25, 0.3) is 0 Å². The molecule has 1 unspecified atom stereocenters. The van der Waals surface area contributed by atoms with Gasteiger partial charge in [0.25, 0.3) is 0 Å². The summed E-state index contributed by atoms with van der Waals surface area (Å²) in [7, 11) is 0. The molecule has 0 aliphatic rings. The van der Waals surface area contributed by atoms with Crippen LogP contribution in [0.15, 0.2) is 38.6 Å². The third-order valence-corrected chi connectivity index (χ3v) is 5.43. The van der Waals surface area contributed by atoms with Crippen LogP contribution in [0, 0.1) is 0 Å². The van der Waals surface area contributed by atoms with E-state index in [0.29, 0.717) is 0 Å². The summed E-state index contributed by atoms with van der Waals surface area (Å²) in [6.45, 7) is 0. The van der Waals surface area contributed by atoms with Crippen molar-refractivity contribution in [2.45, 2.75) is 12.5 Å². The maximum Gasteiger partial charge on any atom is 0.0605 e. The molecule has 6 heteroatoms. The first-order chi connectivity index (χ1) is 8.61. The minimum atomic E-state index is 0.0538. The van der Waals surface area contributed by atoms with E-state index in [1.807, 2.05) is 29.6 Å². The number of benzene rings is 1. The molecule has 0 aliphatic carbocycles. The molecule has 2 rings (SSSR count). The summed E-state index contributed by atoms with van der Waals surface area (Å²) >= 11 is 14.8. The molecule has 3 N–H and O–H groups in total. The van der Waals surface area contributed by atoms with Crippen molar-refractivity contribution in [1.29, 1.82) is 0 Å². The monoisotopic (exact) mass is 408 g/mol. The van der Waals surface area contributed by atoms with E-state index in [0.717, 1.165) is 26.0 Å². The summed E-state index contributed by atoms with van der Waals surface area (Å²) in [6.07, 6.45) is 0.752. The minimum Gasteiger partial charge on any atom is -0.271 e. The lowest BCUT2D eigenvalue weighted by Crippen LogP contribution is -2.29. The van der Waals surface area contributed by atoms with Gasteiger partial charge in [-0.05, 0) is 51.5 Å². The zero-order valence-corrected chi connectivity index (χ0v) is 14.0. The summed E-state index contributed by atoms with van der Waals surface area (Å²) in [5.41, 5.74) is 3.92. The molecule has 2 nitrogen and oxygen atoms in total. The number of thiophene rings is 1. The second-order valence-electron chi connectivity index (χ2n) is 3.79. The second-order valence-corrected chi connectivity index (χ2v) is 6.92. The summed E-state index contributed by atoms with van der Waals surface area (Å²) in [5, 5.41) is 2.78. The fourth-order valence-corrected chi connectivity index (χ4v) is 4.15. The Labute approximate surface area is 132 Å². The van der Waals surface area contributed by atoms with Crippen LogP contribution >= 0.6 is 54.8 Å². The topological polar surface area (TPSA) is 38.0 Å². The summed E-state index contributed by atoms with van der Waals surface area (Å²) < 4.78 is 2.05. The van der Waals surface area contributed by atoms with E-state index in [2.05, 4.69) is 37.3 Å². The van der Waals surface area contributed by atoms with Gasteiger partial charge < -0.3 is 0 Å². The van der Waals surface area contributed by atoms with Crippen LogP contribution in [0.2, 0.25) is 5.02 Å². The zero-order chi connectivity index (χ0) is 13.1. The van der Waals surface area contributed by atoms with Crippen molar-refractivity contribution in [1.82, 2.24) is 5.43 Å². The molecule has 2 aromatic rings. The highest BCUT2D eigenvalue weighted by Crippen LogP contribution is 2.32. The van der Waals surface area contributed by atoms with E-state index in [4.69, 9.17) is 17.4 Å². The molecular formula is C12H11Br2ClN2S. The first kappa shape index (κ1) is 14.5. The van der Waals surface area contributed by atoms with E-state index in [1.165, 1.54) is 4.88 Å². The average molecular weight is 411 g/mol. The van der Waals surface area contributed by atoms with Crippen molar-refractivity contribution < 1.29 is 0 Å². The highest BCUT2D eigenvalue weighted by Gasteiger charge is 2.16. The van der Waals surface area contributed by atoms with Crippen molar-refractivity contribution in [3.8, 4) is 0 Å². The van der Waals surface area contributed by atoms with Gasteiger partial charge in [0.15, 0.2) is 0 Å². The van der Waals surface area contributed by atoms with Gasteiger partial charge in [-0.3, -0.25) is 11.3 Å². The molecule has 0 aliphatic heterocycles. The Morgan fingerprint density at radius 3 is 2.67 bits per heavy atom. The lowest BCUT2D eigenvalue weighted by atomic mass is 10.1. The Morgan fingerprint density at radius 2 is 2.11 bits per heavy atom. The third kappa shape index (κ3) is 3.35. The quantitative estimate of drug-likeness (QED) is 0.568. The molecule has 1 aromatic heterocycles. The molecule has 0 amide bonds. The number of nitrogens with one attached hydrogen (secondary N) is 1. The van der Waals surface area contributed by atoms with Crippen LogP contribution in [0.1, 0.15) is 16.5 Å². The Morgan fingerprint density at radius 1 is 1.33 bits per heavy atom. The van der Waals surface area contributed by atoms with Crippen molar-refractivity contribution in [2.24, 2.45) is 5.84 Å². The van der Waals surface area contributed by atoms with Crippen molar-refractivity contribution in [2.75, 3.05) is 0 Å². The highest BCUT2D eigenvalue weighted by atomic mass is 79.9. The van der Waals surface area contributed by atoms with E-state index in [-0.39, 0.29) is 6.04 Å². The largest absolute Gasteiger partial charge is 0.271 e. The third-order valence-electron chi connectivity index (χ3n) is 2.60. The normalized spacial score (nSPS) is 12.7. The smallest absolute Gasteiger partial charge is 0.0605 e. The lowest BCUT2D eigenvalue weighted by molar-refractivity contribution is 0.559. The van der Waals surface area contributed by atoms with Crippen molar-refractivity contribution >= 4 is 54.8 Å². The maximum absolute atomic E-state index is 6.22. The molecule has 0 saturated carbocycles. The van der Waals surface area contributed by atoms with E-state index >= 15 is 0 Å². The number of nitrogens with two attached hydrogens (primary N) is 1. The number of halogens is 3. The summed E-state index contributed by atoms with van der Waals surface area (Å²) in [4.78, 5) is 1.18. The molecule has 18 heavy (non-hydrogen) atoms. The fourth-order valence-electron chi connectivity index (χ4n) is 1.69. The van der Waals surface area contributed by atoms with Gasteiger partial charge in [-0.25, -0.2) is 0 Å². The molecule has 1 atom stereocenters. The summed E-state index contributed by atoms with van der Waals surface area (Å²) in [6, 6.07) is 7.97. The SMILES string of the molecule is NNC(Cc1ccc(Br)cc1Cl)c1sccc1Br. The zero-order valence-electron chi connectivity index (χ0n) is 9.29. The van der Waals surface area contributed by atoms with Gasteiger partial charge in [0, 0.05) is 18.8 Å². The van der Waals surface area contributed by atoms with E-state index in [9.17, 15) is 0 Å². The van der Waals surface area contributed by atoms with Gasteiger partial charge in [0.2, 0.25) is 0 Å². The van der Waals surface area contributed by atoms with E-state index in [1.54, 1.807) is 11.3 Å². The number of hydrazine groups is 1. The Bertz CT molecular complexity index is 545.